The molecule has 3 aromatic rings. The maximum Gasteiger partial charge on any atom is 0.270 e. The zero-order valence-corrected chi connectivity index (χ0v) is 17.4. The quantitative estimate of drug-likeness (QED) is 0.323. The molecular weight excluding hydrogens is 438 g/mol. The van der Waals surface area contributed by atoms with Gasteiger partial charge in [-0.05, 0) is 59.1 Å². The Morgan fingerprint density at radius 1 is 1.21 bits per heavy atom. The van der Waals surface area contributed by atoms with Crippen LogP contribution in [0.15, 0.2) is 62.5 Å². The normalized spacial score (nSPS) is 11.0. The van der Waals surface area contributed by atoms with E-state index in [-0.39, 0.29) is 18.0 Å². The van der Waals surface area contributed by atoms with E-state index >= 15 is 0 Å². The highest BCUT2D eigenvalue weighted by Gasteiger charge is 2.13. The number of nitro groups is 1. The van der Waals surface area contributed by atoms with E-state index in [1.807, 2.05) is 32.0 Å². The summed E-state index contributed by atoms with van der Waals surface area (Å²) >= 11 is 3.32. The summed E-state index contributed by atoms with van der Waals surface area (Å²) in [6.45, 7) is 3.98. The molecule has 1 amide bonds. The molecule has 0 saturated carbocycles. The summed E-state index contributed by atoms with van der Waals surface area (Å²) < 4.78 is 6.23. The van der Waals surface area contributed by atoms with Crippen molar-refractivity contribution in [2.45, 2.75) is 20.3 Å². The third kappa shape index (κ3) is 5.17. The minimum absolute atomic E-state index is 0.0134. The van der Waals surface area contributed by atoms with Crippen LogP contribution in [0.2, 0.25) is 0 Å². The zero-order chi connectivity index (χ0) is 21.0. The largest absolute Gasteiger partial charge is 0.455 e. The molecule has 1 heterocycles. The second-order valence-corrected chi connectivity index (χ2v) is 7.38. The molecule has 8 heteroatoms. The van der Waals surface area contributed by atoms with Crippen LogP contribution < -0.4 is 5.43 Å². The van der Waals surface area contributed by atoms with Gasteiger partial charge in [-0.15, -0.1) is 0 Å². The summed E-state index contributed by atoms with van der Waals surface area (Å²) in [5.41, 5.74) is 6.31. The third-order valence-electron chi connectivity index (χ3n) is 4.29. The Morgan fingerprint density at radius 3 is 2.69 bits per heavy atom. The van der Waals surface area contributed by atoms with E-state index in [1.165, 1.54) is 18.3 Å². The lowest BCUT2D eigenvalue weighted by Crippen LogP contribution is -2.20. The molecule has 0 bridgehead atoms. The van der Waals surface area contributed by atoms with Crippen molar-refractivity contribution in [2.24, 2.45) is 5.10 Å². The van der Waals surface area contributed by atoms with Crippen LogP contribution in [0, 0.1) is 24.0 Å². The molecule has 0 spiro atoms. The van der Waals surface area contributed by atoms with Crippen molar-refractivity contribution in [3.05, 3.63) is 85.6 Å². The van der Waals surface area contributed by atoms with Gasteiger partial charge in [0.25, 0.3) is 5.69 Å². The van der Waals surface area contributed by atoms with Crippen molar-refractivity contribution in [2.75, 3.05) is 0 Å². The highest BCUT2D eigenvalue weighted by molar-refractivity contribution is 9.10. The van der Waals surface area contributed by atoms with E-state index in [0.717, 1.165) is 16.7 Å². The smallest absolute Gasteiger partial charge is 0.270 e. The van der Waals surface area contributed by atoms with Gasteiger partial charge in [0, 0.05) is 22.2 Å². The van der Waals surface area contributed by atoms with Crippen molar-refractivity contribution in [1.82, 2.24) is 5.43 Å². The minimum Gasteiger partial charge on any atom is -0.455 e. The van der Waals surface area contributed by atoms with Crippen LogP contribution in [0.25, 0.3) is 11.3 Å². The first kappa shape index (κ1) is 20.5. The van der Waals surface area contributed by atoms with Gasteiger partial charge < -0.3 is 4.42 Å². The number of nitrogens with zero attached hydrogens (tertiary/aromatic N) is 2. The summed E-state index contributed by atoms with van der Waals surface area (Å²) in [5.74, 6) is 0.741. The summed E-state index contributed by atoms with van der Waals surface area (Å²) in [5, 5.41) is 14.8. The summed E-state index contributed by atoms with van der Waals surface area (Å²) in [7, 11) is 0. The lowest BCUT2D eigenvalue weighted by atomic mass is 10.0. The van der Waals surface area contributed by atoms with Crippen molar-refractivity contribution in [3.63, 3.8) is 0 Å². The fourth-order valence-corrected chi connectivity index (χ4v) is 3.37. The molecule has 0 unspecified atom stereocenters. The van der Waals surface area contributed by atoms with Crippen LogP contribution in [0.3, 0.4) is 0 Å². The molecule has 148 valence electrons. The average molecular weight is 456 g/mol. The first-order valence-corrected chi connectivity index (χ1v) is 9.55. The predicted molar refractivity (Wildman–Crippen MR) is 114 cm³/mol. The summed E-state index contributed by atoms with van der Waals surface area (Å²) in [4.78, 5) is 22.5. The van der Waals surface area contributed by atoms with Crippen LogP contribution in [0.5, 0.6) is 0 Å². The van der Waals surface area contributed by atoms with Crippen molar-refractivity contribution in [1.29, 1.82) is 0 Å². The second kappa shape index (κ2) is 8.83. The zero-order valence-electron chi connectivity index (χ0n) is 15.8. The molecule has 1 N–H and O–H groups in total. The van der Waals surface area contributed by atoms with Gasteiger partial charge in [0.05, 0.1) is 17.6 Å². The monoisotopic (exact) mass is 455 g/mol. The number of furan rings is 1. The Bertz CT molecular complexity index is 1110. The average Bonchev–Trinajstić information content (AvgIpc) is 3.12. The van der Waals surface area contributed by atoms with Gasteiger partial charge in [0.1, 0.15) is 11.5 Å². The molecule has 2 aromatic carbocycles. The number of rotatable bonds is 6. The van der Waals surface area contributed by atoms with Gasteiger partial charge in [-0.25, -0.2) is 5.43 Å². The summed E-state index contributed by atoms with van der Waals surface area (Å²) in [6.07, 6.45) is 1.64. The minimum atomic E-state index is -0.463. The van der Waals surface area contributed by atoms with Crippen LogP contribution in [0.4, 0.5) is 5.69 Å². The molecule has 0 aliphatic rings. The molecule has 0 fully saturated rings. The Labute approximate surface area is 175 Å². The lowest BCUT2D eigenvalue weighted by Gasteiger charge is -2.05. The van der Waals surface area contributed by atoms with Gasteiger partial charge in [-0.2, -0.15) is 5.10 Å². The molecule has 7 nitrogen and oxygen atoms in total. The number of non-ortho nitro benzene ring substituents is 1. The fourth-order valence-electron chi connectivity index (χ4n) is 2.81. The Balaban J connectivity index is 1.63. The maximum atomic E-state index is 12.1. The highest BCUT2D eigenvalue weighted by Crippen LogP contribution is 2.32. The molecule has 0 aliphatic heterocycles. The van der Waals surface area contributed by atoms with Crippen LogP contribution in [-0.2, 0) is 11.2 Å². The molecule has 29 heavy (non-hydrogen) atoms. The summed E-state index contributed by atoms with van der Waals surface area (Å²) in [6, 6.07) is 13.8. The van der Waals surface area contributed by atoms with Crippen molar-refractivity contribution >= 4 is 33.7 Å². The van der Waals surface area contributed by atoms with Gasteiger partial charge in [-0.3, -0.25) is 14.9 Å². The molecule has 1 aromatic heterocycles. The van der Waals surface area contributed by atoms with E-state index in [9.17, 15) is 14.9 Å². The number of nitro benzene ring substituents is 1. The SMILES string of the molecule is Cc1ccc(CC(=O)N/N=C/c2ccc(-c3ccc([N+](=O)[O-])cc3Br)o2)c(C)c1. The van der Waals surface area contributed by atoms with Gasteiger partial charge in [0.15, 0.2) is 0 Å². The maximum absolute atomic E-state index is 12.1. The van der Waals surface area contributed by atoms with Gasteiger partial charge >= 0.3 is 0 Å². The molecular formula is C21H18BrN3O4. The number of benzene rings is 2. The first-order valence-electron chi connectivity index (χ1n) is 8.75. The molecule has 0 atom stereocenters. The fraction of sp³-hybridized carbons (Fsp3) is 0.143. The van der Waals surface area contributed by atoms with Crippen molar-refractivity contribution in [3.8, 4) is 11.3 Å². The molecule has 3 rings (SSSR count). The number of carbonyl (C=O) groups excluding carboxylic acids is 1. The van der Waals surface area contributed by atoms with E-state index in [4.69, 9.17) is 4.42 Å². The molecule has 0 saturated heterocycles. The third-order valence-corrected chi connectivity index (χ3v) is 4.94. The van der Waals surface area contributed by atoms with E-state index in [0.29, 0.717) is 21.6 Å². The Hall–Kier alpha value is -3.26. The first-order chi connectivity index (χ1) is 13.8. The number of aryl methyl sites for hydroxylation is 2. The Morgan fingerprint density at radius 2 is 2.00 bits per heavy atom. The van der Waals surface area contributed by atoms with Crippen LogP contribution in [0.1, 0.15) is 22.5 Å². The molecule has 0 aliphatic carbocycles. The van der Waals surface area contributed by atoms with E-state index in [1.54, 1.807) is 18.2 Å². The number of hydrogen-bond acceptors (Lipinski definition) is 5. The highest BCUT2D eigenvalue weighted by atomic mass is 79.9. The van der Waals surface area contributed by atoms with E-state index < -0.39 is 4.92 Å². The van der Waals surface area contributed by atoms with Gasteiger partial charge in [-0.1, -0.05) is 23.8 Å². The van der Waals surface area contributed by atoms with E-state index in [2.05, 4.69) is 26.5 Å². The Kier molecular flexibility index (Phi) is 6.23. The number of halogens is 1. The number of nitrogens with one attached hydrogen (secondary N) is 1. The molecule has 0 radical (unpaired) electrons. The van der Waals surface area contributed by atoms with Crippen LogP contribution in [-0.4, -0.2) is 17.0 Å². The predicted octanol–water partition coefficient (Wildman–Crippen LogP) is 4.93. The topological polar surface area (TPSA) is 97.7 Å². The number of amides is 1. The standard InChI is InChI=1S/C21H18BrN3O4/c1-13-3-4-15(14(2)9-13)10-21(26)24-23-12-17-6-8-20(29-17)18-7-5-16(25(27)28)11-19(18)22/h3-9,11-12H,10H2,1-2H3,(H,24,26)/b23-12+. The second-order valence-electron chi connectivity index (χ2n) is 6.52. The van der Waals surface area contributed by atoms with Gasteiger partial charge in [0.2, 0.25) is 5.91 Å². The number of carbonyl (C=O) groups is 1. The lowest BCUT2D eigenvalue weighted by molar-refractivity contribution is -0.384. The number of hydrazone groups is 1. The van der Waals surface area contributed by atoms with Crippen LogP contribution >= 0.6 is 15.9 Å². The number of hydrogen-bond donors (Lipinski definition) is 1. The van der Waals surface area contributed by atoms with Crippen molar-refractivity contribution < 1.29 is 14.1 Å².